The Morgan fingerprint density at radius 2 is 1.25 bits per heavy atom. The quantitative estimate of drug-likeness (QED) is 0.784. The first-order valence-corrected chi connectivity index (χ1v) is 6.44. The Labute approximate surface area is 98.9 Å². The highest BCUT2D eigenvalue weighted by Crippen LogP contribution is 2.54. The van der Waals surface area contributed by atoms with Crippen LogP contribution in [0.25, 0.3) is 9.75 Å². The first kappa shape index (κ1) is 8.72. The molecule has 2 aromatic heterocycles. The minimum absolute atomic E-state index is 0.302. The Bertz CT molecular complexity index is 507. The predicted octanol–water partition coefficient (Wildman–Crippen LogP) is 2.93. The van der Waals surface area contributed by atoms with E-state index in [0.29, 0.717) is 13.6 Å². The molecule has 0 N–H and O–H groups in total. The van der Waals surface area contributed by atoms with E-state index in [1.54, 1.807) is 22.7 Å². The van der Waals surface area contributed by atoms with Gasteiger partial charge in [0.2, 0.25) is 13.6 Å². The second-order valence-corrected chi connectivity index (χ2v) is 5.09. The van der Waals surface area contributed by atoms with Crippen LogP contribution in [0.3, 0.4) is 0 Å². The molecular formula is C10H6O4S2. The van der Waals surface area contributed by atoms with Crippen molar-refractivity contribution in [1.82, 2.24) is 0 Å². The van der Waals surface area contributed by atoms with Gasteiger partial charge in [-0.1, -0.05) is 0 Å². The van der Waals surface area contributed by atoms with E-state index in [1.165, 1.54) is 0 Å². The van der Waals surface area contributed by atoms with Crippen LogP contribution in [0, 0.1) is 0 Å². The molecule has 0 unspecified atom stereocenters. The molecule has 0 aromatic carbocycles. The maximum atomic E-state index is 5.45. The lowest BCUT2D eigenvalue weighted by Crippen LogP contribution is -1.95. The first-order chi connectivity index (χ1) is 7.93. The maximum Gasteiger partial charge on any atom is 0.231 e. The molecule has 0 saturated heterocycles. The van der Waals surface area contributed by atoms with E-state index >= 15 is 0 Å². The molecule has 0 fully saturated rings. The average molecular weight is 254 g/mol. The second kappa shape index (κ2) is 3.05. The zero-order valence-corrected chi connectivity index (χ0v) is 9.65. The molecule has 0 spiro atoms. The zero-order chi connectivity index (χ0) is 10.5. The van der Waals surface area contributed by atoms with Crippen molar-refractivity contribution >= 4 is 22.7 Å². The van der Waals surface area contributed by atoms with Gasteiger partial charge >= 0.3 is 0 Å². The normalized spacial score (nSPS) is 15.8. The summed E-state index contributed by atoms with van der Waals surface area (Å²) >= 11 is 3.20. The van der Waals surface area contributed by atoms with Gasteiger partial charge in [0.05, 0.1) is 9.75 Å². The van der Waals surface area contributed by atoms with Crippen molar-refractivity contribution in [3.63, 3.8) is 0 Å². The summed E-state index contributed by atoms with van der Waals surface area (Å²) in [6, 6.07) is 0. The lowest BCUT2D eigenvalue weighted by Gasteiger charge is -1.99. The van der Waals surface area contributed by atoms with Crippen molar-refractivity contribution in [3.05, 3.63) is 10.8 Å². The van der Waals surface area contributed by atoms with E-state index in [2.05, 4.69) is 0 Å². The van der Waals surface area contributed by atoms with Gasteiger partial charge in [-0.15, -0.1) is 22.7 Å². The van der Waals surface area contributed by atoms with Gasteiger partial charge in [0.25, 0.3) is 0 Å². The average Bonchev–Trinajstić information content (AvgIpc) is 2.97. The Morgan fingerprint density at radius 1 is 0.750 bits per heavy atom. The number of fused-ring (bicyclic) bond motifs is 2. The number of ether oxygens (including phenoxy) is 4. The number of hydrogen-bond donors (Lipinski definition) is 0. The molecule has 16 heavy (non-hydrogen) atoms. The molecule has 2 aliphatic rings. The SMILES string of the molecule is c1sc(-c2scc3c2OCO3)c2c1OCO2. The monoisotopic (exact) mass is 254 g/mol. The molecule has 2 aromatic rings. The predicted molar refractivity (Wildman–Crippen MR) is 59.9 cm³/mol. The fourth-order valence-corrected chi connectivity index (χ4v) is 3.77. The van der Waals surface area contributed by atoms with Crippen LogP contribution in [0.5, 0.6) is 23.0 Å². The second-order valence-electron chi connectivity index (χ2n) is 3.33. The molecular weight excluding hydrogens is 248 g/mol. The summed E-state index contributed by atoms with van der Waals surface area (Å²) in [6.07, 6.45) is 0. The third-order valence-electron chi connectivity index (χ3n) is 2.47. The molecule has 0 bridgehead atoms. The zero-order valence-electron chi connectivity index (χ0n) is 8.02. The summed E-state index contributed by atoms with van der Waals surface area (Å²) in [5.41, 5.74) is 0. The Morgan fingerprint density at radius 3 is 1.75 bits per heavy atom. The van der Waals surface area contributed by atoms with E-state index in [0.717, 1.165) is 32.8 Å². The van der Waals surface area contributed by atoms with Crippen LogP contribution in [0.1, 0.15) is 0 Å². The fourth-order valence-electron chi connectivity index (χ4n) is 1.75. The van der Waals surface area contributed by atoms with Crippen LogP contribution in [-0.4, -0.2) is 13.6 Å². The van der Waals surface area contributed by atoms with Gasteiger partial charge in [0, 0.05) is 10.8 Å². The standard InChI is InChI=1S/C10H6O4S2/c1-5-7(13-3-11-5)9(15-1)10-8-6(2-16-10)12-4-14-8/h1-2H,3-4H2. The lowest BCUT2D eigenvalue weighted by molar-refractivity contribution is 0.172. The number of rotatable bonds is 1. The molecule has 0 saturated carbocycles. The van der Waals surface area contributed by atoms with E-state index in [-0.39, 0.29) is 0 Å². The topological polar surface area (TPSA) is 36.9 Å². The summed E-state index contributed by atoms with van der Waals surface area (Å²) in [4.78, 5) is 2.12. The van der Waals surface area contributed by atoms with Crippen LogP contribution >= 0.6 is 22.7 Å². The minimum Gasteiger partial charge on any atom is -0.453 e. The van der Waals surface area contributed by atoms with Gasteiger partial charge in [-0.2, -0.15) is 0 Å². The third kappa shape index (κ3) is 1.03. The van der Waals surface area contributed by atoms with Gasteiger partial charge in [0.1, 0.15) is 0 Å². The molecule has 0 aliphatic carbocycles. The Hall–Kier alpha value is -1.40. The summed E-state index contributed by atoms with van der Waals surface area (Å²) in [5.74, 6) is 3.29. The van der Waals surface area contributed by atoms with E-state index in [1.807, 2.05) is 10.8 Å². The Balaban J connectivity index is 1.90. The summed E-state index contributed by atoms with van der Waals surface area (Å²) in [7, 11) is 0. The third-order valence-corrected chi connectivity index (χ3v) is 4.51. The van der Waals surface area contributed by atoms with Crippen molar-refractivity contribution in [1.29, 1.82) is 0 Å². The summed E-state index contributed by atoms with van der Waals surface area (Å²) < 4.78 is 21.5. The molecule has 6 heteroatoms. The van der Waals surface area contributed by atoms with E-state index < -0.39 is 0 Å². The van der Waals surface area contributed by atoms with Crippen LogP contribution in [0.4, 0.5) is 0 Å². The van der Waals surface area contributed by atoms with Crippen molar-refractivity contribution < 1.29 is 18.9 Å². The first-order valence-electron chi connectivity index (χ1n) is 4.68. The van der Waals surface area contributed by atoms with Crippen LogP contribution < -0.4 is 18.9 Å². The molecule has 0 amide bonds. The van der Waals surface area contributed by atoms with Gasteiger partial charge in [-0.3, -0.25) is 0 Å². The van der Waals surface area contributed by atoms with Gasteiger partial charge < -0.3 is 18.9 Å². The van der Waals surface area contributed by atoms with Gasteiger partial charge in [0.15, 0.2) is 23.0 Å². The van der Waals surface area contributed by atoms with E-state index in [4.69, 9.17) is 18.9 Å². The highest BCUT2D eigenvalue weighted by Gasteiger charge is 2.28. The van der Waals surface area contributed by atoms with Crippen molar-refractivity contribution in [3.8, 4) is 32.8 Å². The Kier molecular flexibility index (Phi) is 1.66. The molecule has 0 atom stereocenters. The molecule has 0 radical (unpaired) electrons. The van der Waals surface area contributed by atoms with Crippen molar-refractivity contribution in [2.75, 3.05) is 13.6 Å². The molecule has 4 rings (SSSR count). The lowest BCUT2D eigenvalue weighted by atomic mass is 10.3. The van der Waals surface area contributed by atoms with Crippen molar-refractivity contribution in [2.24, 2.45) is 0 Å². The van der Waals surface area contributed by atoms with Gasteiger partial charge in [-0.05, 0) is 0 Å². The molecule has 4 nitrogen and oxygen atoms in total. The van der Waals surface area contributed by atoms with E-state index in [9.17, 15) is 0 Å². The minimum atomic E-state index is 0.302. The summed E-state index contributed by atoms with van der Waals surface area (Å²) in [5, 5.41) is 3.92. The highest BCUT2D eigenvalue weighted by atomic mass is 32.1. The van der Waals surface area contributed by atoms with Gasteiger partial charge in [-0.25, -0.2) is 0 Å². The molecule has 82 valence electrons. The fraction of sp³-hybridized carbons (Fsp3) is 0.200. The highest BCUT2D eigenvalue weighted by molar-refractivity contribution is 7.21. The van der Waals surface area contributed by atoms with Crippen LogP contribution in [-0.2, 0) is 0 Å². The maximum absolute atomic E-state index is 5.45. The number of thiophene rings is 2. The smallest absolute Gasteiger partial charge is 0.231 e. The molecule has 2 aliphatic heterocycles. The summed E-state index contributed by atoms with van der Waals surface area (Å²) in [6.45, 7) is 0.603. The van der Waals surface area contributed by atoms with Crippen LogP contribution in [0.2, 0.25) is 0 Å². The van der Waals surface area contributed by atoms with Crippen LogP contribution in [0.15, 0.2) is 10.8 Å². The largest absolute Gasteiger partial charge is 0.453 e. The molecule has 4 heterocycles. The van der Waals surface area contributed by atoms with Crippen molar-refractivity contribution in [2.45, 2.75) is 0 Å². The number of hydrogen-bond acceptors (Lipinski definition) is 6.